The zero-order valence-corrected chi connectivity index (χ0v) is 13.4. The van der Waals surface area contributed by atoms with Gasteiger partial charge in [-0.3, -0.25) is 0 Å². The van der Waals surface area contributed by atoms with Crippen molar-refractivity contribution in [1.82, 2.24) is 0 Å². The number of ether oxygens (including phenoxy) is 1. The van der Waals surface area contributed by atoms with Gasteiger partial charge in [0.2, 0.25) is 0 Å². The van der Waals surface area contributed by atoms with Gasteiger partial charge in [-0.15, -0.1) is 0 Å². The molecule has 3 heteroatoms. The summed E-state index contributed by atoms with van der Waals surface area (Å²) in [5.74, 6) is 0.964. The van der Waals surface area contributed by atoms with Gasteiger partial charge in [-0.2, -0.15) is 0 Å². The normalized spacial score (nSPS) is 17.2. The molecule has 3 rings (SSSR count). The van der Waals surface area contributed by atoms with Crippen molar-refractivity contribution in [2.24, 2.45) is 5.73 Å². The van der Waals surface area contributed by atoms with Crippen LogP contribution in [0.25, 0.3) is 0 Å². The summed E-state index contributed by atoms with van der Waals surface area (Å²) in [6.07, 6.45) is 0. The largest absolute Gasteiger partial charge is 0.492 e. The Balaban J connectivity index is 2.03. The second kappa shape index (κ2) is 5.04. The maximum atomic E-state index is 6.44. The minimum atomic E-state index is -0.223. The number of rotatable bonds is 2. The summed E-state index contributed by atoms with van der Waals surface area (Å²) >= 11 is 6.41. The number of fused-ring (bicyclic) bond motifs is 1. The van der Waals surface area contributed by atoms with E-state index in [-0.39, 0.29) is 11.5 Å². The first-order valence-electron chi connectivity index (χ1n) is 7.18. The molecular formula is C18H20ClNO. The first kappa shape index (κ1) is 14.4. The summed E-state index contributed by atoms with van der Waals surface area (Å²) in [5, 5.41) is 0.751. The molecule has 1 aliphatic rings. The summed E-state index contributed by atoms with van der Waals surface area (Å²) in [4.78, 5) is 0. The van der Waals surface area contributed by atoms with E-state index < -0.39 is 0 Å². The third kappa shape index (κ3) is 2.43. The molecule has 0 saturated carbocycles. The first-order chi connectivity index (χ1) is 9.90. The highest BCUT2D eigenvalue weighted by Crippen LogP contribution is 2.40. The van der Waals surface area contributed by atoms with Gasteiger partial charge in [0.05, 0.1) is 12.6 Å². The minimum Gasteiger partial charge on any atom is -0.492 e. The molecule has 1 atom stereocenters. The van der Waals surface area contributed by atoms with Gasteiger partial charge in [-0.1, -0.05) is 49.7 Å². The van der Waals surface area contributed by atoms with E-state index >= 15 is 0 Å². The average Bonchev–Trinajstić information content (AvgIpc) is 2.76. The van der Waals surface area contributed by atoms with Gasteiger partial charge in [0, 0.05) is 16.0 Å². The van der Waals surface area contributed by atoms with E-state index in [9.17, 15) is 0 Å². The fourth-order valence-corrected chi connectivity index (χ4v) is 3.07. The molecular weight excluding hydrogens is 282 g/mol. The van der Waals surface area contributed by atoms with E-state index in [2.05, 4.69) is 19.9 Å². The maximum absolute atomic E-state index is 6.44. The second-order valence-electron chi connectivity index (χ2n) is 6.38. The number of aryl methyl sites for hydroxylation is 1. The Bertz CT molecular complexity index is 694. The Morgan fingerprint density at radius 2 is 2.00 bits per heavy atom. The van der Waals surface area contributed by atoms with E-state index in [0.29, 0.717) is 6.61 Å². The van der Waals surface area contributed by atoms with Gasteiger partial charge in [-0.25, -0.2) is 0 Å². The summed E-state index contributed by atoms with van der Waals surface area (Å²) in [7, 11) is 0. The van der Waals surface area contributed by atoms with Crippen molar-refractivity contribution in [3.05, 3.63) is 63.7 Å². The van der Waals surface area contributed by atoms with E-state index in [1.807, 2.05) is 37.3 Å². The van der Waals surface area contributed by atoms with Crippen LogP contribution in [0.15, 0.2) is 36.4 Å². The van der Waals surface area contributed by atoms with Crippen molar-refractivity contribution in [2.75, 3.05) is 6.61 Å². The highest BCUT2D eigenvalue weighted by atomic mass is 35.5. The second-order valence-corrected chi connectivity index (χ2v) is 6.76. The third-order valence-electron chi connectivity index (χ3n) is 4.24. The molecule has 1 heterocycles. The quantitative estimate of drug-likeness (QED) is 0.894. The summed E-state index contributed by atoms with van der Waals surface area (Å²) in [5.41, 5.74) is 10.8. The van der Waals surface area contributed by atoms with Crippen molar-refractivity contribution >= 4 is 11.6 Å². The lowest BCUT2D eigenvalue weighted by Gasteiger charge is -2.19. The Morgan fingerprint density at radius 1 is 1.24 bits per heavy atom. The number of nitrogens with two attached hydrogens (primary N) is 1. The molecule has 0 fully saturated rings. The van der Waals surface area contributed by atoms with Gasteiger partial charge >= 0.3 is 0 Å². The van der Waals surface area contributed by atoms with Crippen LogP contribution in [0.1, 0.15) is 42.1 Å². The van der Waals surface area contributed by atoms with E-state index in [1.165, 1.54) is 5.56 Å². The molecule has 0 bridgehead atoms. The lowest BCUT2D eigenvalue weighted by Crippen LogP contribution is -2.19. The van der Waals surface area contributed by atoms with E-state index in [1.54, 1.807) is 0 Å². The predicted octanol–water partition coefficient (Wildman–Crippen LogP) is 4.37. The smallest absolute Gasteiger partial charge is 0.123 e. The molecule has 0 aromatic heterocycles. The summed E-state index contributed by atoms with van der Waals surface area (Å²) in [6, 6.07) is 12.0. The van der Waals surface area contributed by atoms with Crippen molar-refractivity contribution in [3.8, 4) is 5.75 Å². The van der Waals surface area contributed by atoms with Gasteiger partial charge in [0.15, 0.2) is 0 Å². The van der Waals surface area contributed by atoms with Gasteiger partial charge in [0.1, 0.15) is 5.75 Å². The fourth-order valence-electron chi connectivity index (χ4n) is 2.82. The van der Waals surface area contributed by atoms with Crippen LogP contribution < -0.4 is 10.5 Å². The van der Waals surface area contributed by atoms with Crippen molar-refractivity contribution in [3.63, 3.8) is 0 Å². The lowest BCUT2D eigenvalue weighted by molar-refractivity contribution is 0.291. The van der Waals surface area contributed by atoms with Crippen molar-refractivity contribution in [2.45, 2.75) is 32.2 Å². The van der Waals surface area contributed by atoms with Crippen LogP contribution in [0.4, 0.5) is 0 Å². The van der Waals surface area contributed by atoms with Gasteiger partial charge < -0.3 is 10.5 Å². The third-order valence-corrected chi connectivity index (χ3v) is 4.75. The SMILES string of the molecule is Cc1cccc(C(N)c2ccc3c(c2)C(C)(C)CO3)c1Cl. The number of hydrogen-bond donors (Lipinski definition) is 1. The molecule has 0 spiro atoms. The fraction of sp³-hybridized carbons (Fsp3) is 0.333. The van der Waals surface area contributed by atoms with E-state index in [0.717, 1.165) is 27.5 Å². The zero-order valence-electron chi connectivity index (χ0n) is 12.6. The number of halogens is 1. The zero-order chi connectivity index (χ0) is 15.2. The maximum Gasteiger partial charge on any atom is 0.123 e. The van der Waals surface area contributed by atoms with Crippen molar-refractivity contribution in [1.29, 1.82) is 0 Å². The van der Waals surface area contributed by atoms with Crippen LogP contribution in [-0.4, -0.2) is 6.61 Å². The molecule has 2 nitrogen and oxygen atoms in total. The lowest BCUT2D eigenvalue weighted by atomic mass is 9.85. The molecule has 0 saturated heterocycles. The van der Waals surface area contributed by atoms with Gasteiger partial charge in [-0.05, 0) is 35.7 Å². The van der Waals surface area contributed by atoms with Crippen LogP contribution in [0.2, 0.25) is 5.02 Å². The van der Waals surface area contributed by atoms with Gasteiger partial charge in [0.25, 0.3) is 0 Å². The van der Waals surface area contributed by atoms with Crippen molar-refractivity contribution < 1.29 is 4.74 Å². The number of benzene rings is 2. The average molecular weight is 302 g/mol. The molecule has 2 aromatic rings. The summed E-state index contributed by atoms with van der Waals surface area (Å²) in [6.45, 7) is 7.09. The van der Waals surface area contributed by atoms with Crippen LogP contribution >= 0.6 is 11.6 Å². The Labute approximate surface area is 130 Å². The van der Waals surface area contributed by atoms with Crippen LogP contribution in [0, 0.1) is 6.92 Å². The highest BCUT2D eigenvalue weighted by molar-refractivity contribution is 6.32. The minimum absolute atomic E-state index is 0.0292. The number of hydrogen-bond acceptors (Lipinski definition) is 2. The Morgan fingerprint density at radius 3 is 2.76 bits per heavy atom. The molecule has 0 amide bonds. The molecule has 2 aromatic carbocycles. The molecule has 21 heavy (non-hydrogen) atoms. The molecule has 1 aliphatic heterocycles. The molecule has 0 aliphatic carbocycles. The monoisotopic (exact) mass is 301 g/mol. The van der Waals surface area contributed by atoms with Crippen LogP contribution in [0.5, 0.6) is 5.75 Å². The topological polar surface area (TPSA) is 35.2 Å². The molecule has 2 N–H and O–H groups in total. The Kier molecular flexibility index (Phi) is 3.46. The standard InChI is InChI=1S/C18H20ClNO/c1-11-5-4-6-13(16(11)19)17(20)12-7-8-15-14(9-12)18(2,3)10-21-15/h4-9,17H,10,20H2,1-3H3. The first-order valence-corrected chi connectivity index (χ1v) is 7.56. The molecule has 110 valence electrons. The summed E-state index contributed by atoms with van der Waals surface area (Å²) < 4.78 is 5.73. The highest BCUT2D eigenvalue weighted by Gasteiger charge is 2.32. The molecule has 0 radical (unpaired) electrons. The predicted molar refractivity (Wildman–Crippen MR) is 87.2 cm³/mol. The molecule has 1 unspecified atom stereocenters. The van der Waals surface area contributed by atoms with Crippen LogP contribution in [-0.2, 0) is 5.41 Å². The Hall–Kier alpha value is -1.51. The van der Waals surface area contributed by atoms with E-state index in [4.69, 9.17) is 22.1 Å². The van der Waals surface area contributed by atoms with Crippen LogP contribution in [0.3, 0.4) is 0 Å².